The molecule has 28 nitrogen and oxygen atoms in total. The number of Topliss-reactive ketones (excluding diaryl/α,β-unsaturated/α-hetero) is 2. The first-order chi connectivity index (χ1) is 68.4. The van der Waals surface area contributed by atoms with Crippen molar-refractivity contribution >= 4 is 95.9 Å². The zero-order valence-electron chi connectivity index (χ0n) is 85.9. The van der Waals surface area contributed by atoms with Crippen LogP contribution in [0.15, 0.2) is 237 Å². The number of nitrogens with one attached hydrogen (secondary N) is 2. The number of carbonyl (C=O) groups is 8. The predicted octanol–water partition coefficient (Wildman–Crippen LogP) is 22.0. The number of nitrogens with zero attached hydrogens (tertiary/aromatic N) is 2. The van der Waals surface area contributed by atoms with E-state index in [4.69, 9.17) is 95.0 Å². The van der Waals surface area contributed by atoms with E-state index in [1.54, 1.807) is 80.9 Å². The van der Waals surface area contributed by atoms with Gasteiger partial charge in [-0.05, 0) is 294 Å². The van der Waals surface area contributed by atoms with E-state index in [1.807, 2.05) is 172 Å². The summed E-state index contributed by atoms with van der Waals surface area (Å²) in [5.74, 6) is 8.68. The monoisotopic (exact) mass is 2130 g/mol. The van der Waals surface area contributed by atoms with Gasteiger partial charge < -0.3 is 83.8 Å². The van der Waals surface area contributed by atoms with E-state index in [9.17, 15) is 38.1 Å². The topological polar surface area (TPSA) is 375 Å². The number of carbonyl (C=O) groups excluding carboxylic acids is 5. The van der Waals surface area contributed by atoms with Gasteiger partial charge >= 0.3 is 67.0 Å². The molecular weight excluding hydrogens is 1990 g/mol. The fraction of sp³-hybridized carbons (Fsp3) is 0.434. The van der Waals surface area contributed by atoms with Gasteiger partial charge in [-0.2, -0.15) is 0 Å². The molecule has 6 aliphatic rings. The number of hydrogen-bond acceptors (Lipinski definition) is 25. The van der Waals surface area contributed by atoms with E-state index >= 15 is 0 Å². The number of benzene rings is 7. The Morgan fingerprint density at radius 2 is 0.774 bits per heavy atom. The summed E-state index contributed by atoms with van der Waals surface area (Å²) in [7, 11) is 4.98. The molecule has 6 fully saturated rings. The fourth-order valence-electron chi connectivity index (χ4n) is 16.0. The first-order valence-electron chi connectivity index (χ1n) is 48.1. The fourth-order valence-corrected chi connectivity index (χ4v) is 18.0. The normalized spacial score (nSPS) is 17.2. The van der Waals surface area contributed by atoms with Gasteiger partial charge in [-0.25, -0.2) is 14.8 Å². The van der Waals surface area contributed by atoms with Crippen LogP contribution < -0.4 is 73.3 Å². The number of rotatable bonds is 40. The number of ether oxygens (including phenoxy) is 10. The Morgan fingerprint density at radius 1 is 0.452 bits per heavy atom. The molecule has 0 bridgehead atoms. The van der Waals surface area contributed by atoms with Gasteiger partial charge in [0.05, 0.1) is 81.8 Å². The minimum absolute atomic E-state index is 0. The van der Waals surface area contributed by atoms with Crippen LogP contribution in [0.4, 0.5) is 11.6 Å². The van der Waals surface area contributed by atoms with Crippen LogP contribution in [-0.2, 0) is 85.7 Å². The predicted molar refractivity (Wildman–Crippen MR) is 569 cm³/mol. The Labute approximate surface area is 910 Å². The van der Waals surface area contributed by atoms with E-state index < -0.39 is 35.8 Å². The number of ketones is 2. The third-order valence-electron chi connectivity index (χ3n) is 23.9. The van der Waals surface area contributed by atoms with Crippen LogP contribution in [0, 0.1) is 17.8 Å². The van der Waals surface area contributed by atoms with Crippen molar-refractivity contribution in [3.63, 3.8) is 0 Å². The SMILES string of the molecule is C.C.C=Cc1ccc(OC)cc1.CC(=O)O.CCOC(=O)C=C1CC(c2ccc(OC)cc2)C1.CCOC(=O)CC1CC(c2ccc(OC)cc2)C1.CCOC(=O)CP(=O)(OCC)OCC.COc1ccc(C2CC(=O)C2(Cl)Cl)cc1.COc1ccc(C2CC(=O)C2)cc1.O=C(O)CC1CC(c2ccc(OCCCNc3ccccn3)cc2)C1.O=C(O)CC1CC(c2ccc(OCCCNc3ccccn3)cc2)C1.[H-].[HH].[Na+].[Zn]. The van der Waals surface area contributed by atoms with Crippen molar-refractivity contribution in [2.75, 3.05) is 112 Å². The Hall–Kier alpha value is -11.0. The summed E-state index contributed by atoms with van der Waals surface area (Å²) in [6.07, 6.45) is 19.5. The van der Waals surface area contributed by atoms with Crippen molar-refractivity contribution < 1.29 is 167 Å². The Balaban J connectivity index is 0.000000848. The van der Waals surface area contributed by atoms with Gasteiger partial charge in [0, 0.05) is 104 Å². The molecule has 0 spiro atoms. The molecule has 1 atom stereocenters. The molecule has 33 heteroatoms. The maximum atomic E-state index is 11.8. The first-order valence-corrected chi connectivity index (χ1v) is 50.6. The summed E-state index contributed by atoms with van der Waals surface area (Å²) >= 11 is 11.8. The van der Waals surface area contributed by atoms with Crippen LogP contribution in [0.2, 0.25) is 0 Å². The summed E-state index contributed by atoms with van der Waals surface area (Å²) in [6, 6.07) is 67.5. The number of halogens is 2. The van der Waals surface area contributed by atoms with Crippen LogP contribution in [-0.4, -0.2) is 178 Å². The van der Waals surface area contributed by atoms with Crippen molar-refractivity contribution in [2.45, 2.75) is 199 Å². The quantitative estimate of drug-likeness (QED) is 0.00453. The average Bonchev–Trinajstić information content (AvgIpc) is 0.754. The number of anilines is 2. The molecule has 9 aromatic rings. The number of carboxylic acids is 3. The zero-order chi connectivity index (χ0) is 103. The zero-order valence-corrected chi connectivity index (χ0v) is 92.3. The molecule has 7 aromatic carbocycles. The molecule has 1 unspecified atom stereocenters. The van der Waals surface area contributed by atoms with Gasteiger partial charge in [-0.15, -0.1) is 0 Å². The molecule has 0 radical (unpaired) electrons. The van der Waals surface area contributed by atoms with Crippen molar-refractivity contribution in [2.24, 2.45) is 17.8 Å². The second-order valence-corrected chi connectivity index (χ2v) is 37.7. The number of esters is 3. The largest absolute Gasteiger partial charge is 1.00 e. The summed E-state index contributed by atoms with van der Waals surface area (Å²) in [6.45, 7) is 18.1. The van der Waals surface area contributed by atoms with Crippen LogP contribution in [0.3, 0.4) is 0 Å². The molecule has 0 saturated heterocycles. The number of pyridine rings is 2. The van der Waals surface area contributed by atoms with Crippen molar-refractivity contribution in [3.8, 4) is 40.2 Å². The van der Waals surface area contributed by atoms with Gasteiger partial charge in [0.25, 0.3) is 5.97 Å². The molecular formula is C113H150Cl2N4NaO24PZn. The number of allylic oxidation sites excluding steroid dienone is 1. The number of carboxylic acid groups (broad SMARTS) is 3. The van der Waals surface area contributed by atoms with Crippen molar-refractivity contribution in [1.82, 2.24) is 9.97 Å². The Bertz CT molecular complexity index is 5220. The molecule has 5 N–H and O–H groups in total. The molecule has 2 heterocycles. The van der Waals surface area contributed by atoms with Gasteiger partial charge in [-0.3, -0.25) is 38.1 Å². The standard InChI is InChI=1S/2C20H24N2O3.C15H20O3.C15H18O3.C11H10Cl2O2.C11H12O2.C9H10O.C8H17O5P.C2H4O2.2CH4.Na.Zn.H2.H/c2*23-20(24)14-15-12-17(13-15)16-5-7-18(8-6-16)25-11-3-10-22-19-4-1-2-9-21-19;2*1-3-18-15(16)10-11-8-13(9-11)12-4-6-14(17-2)7-5-12;1-15-8-4-2-7(3-5-8)9-6-10(14)11(9,12)13;1-13-11-4-2-8(3-5-11)9-6-10(12)7-9;1-3-8-4-6-9(10-2)7-5-8;1-4-11-8(9)7-14(10,12-5-2)13-6-3;1-2(3)4;;;;;;/h2*1-2,4-9,15,17H,3,10-14H2,(H,21,22)(H,23,24);4-7,11,13H,3,8-10H2,1-2H3;4-7,10,13H,3,8-9H2,1-2H3;2-5,9H,6H2,1H3;2-5,9H,6-7H2,1H3;3-7H,1H2,2H3;4-7H2,1-3H3;1H3,(H,3,4);2*1H4;;;1H;/q;;;;;;;;;;;+1;;;-1. The van der Waals surface area contributed by atoms with Gasteiger partial charge in [-0.1, -0.05) is 153 Å². The van der Waals surface area contributed by atoms with Crippen LogP contribution in [0.25, 0.3) is 6.08 Å². The minimum Gasteiger partial charge on any atom is -1.00 e. The van der Waals surface area contributed by atoms with E-state index in [2.05, 4.69) is 80.4 Å². The number of methoxy groups -OCH3 is 5. The summed E-state index contributed by atoms with van der Waals surface area (Å²) < 4.78 is 71.7. The molecule has 15 rings (SSSR count). The number of aromatic nitrogens is 2. The molecule has 2 aromatic heterocycles. The third-order valence-corrected chi connectivity index (χ3v) is 26.8. The van der Waals surface area contributed by atoms with E-state index in [0.717, 1.165) is 147 Å². The molecule has 6 aliphatic carbocycles. The van der Waals surface area contributed by atoms with E-state index in [1.165, 1.54) is 33.4 Å². The second kappa shape index (κ2) is 70.8. The van der Waals surface area contributed by atoms with Crippen molar-refractivity contribution in [3.05, 3.63) is 276 Å². The van der Waals surface area contributed by atoms with Gasteiger partial charge in [0.2, 0.25) is 0 Å². The van der Waals surface area contributed by atoms with Crippen molar-refractivity contribution in [1.29, 1.82) is 0 Å². The molecule has 146 heavy (non-hydrogen) atoms. The molecule has 0 aliphatic heterocycles. The Kier molecular flexibility index (Phi) is 62.7. The summed E-state index contributed by atoms with van der Waals surface area (Å²) in [5, 5.41) is 31.5. The first kappa shape index (κ1) is 129. The number of alkyl halides is 2. The maximum Gasteiger partial charge on any atom is 1.00 e. The summed E-state index contributed by atoms with van der Waals surface area (Å²) in [5.41, 5.74) is 9.72. The number of aliphatic carboxylic acids is 3. The molecule has 0 amide bonds. The van der Waals surface area contributed by atoms with Crippen LogP contribution in [0.1, 0.15) is 236 Å². The smallest absolute Gasteiger partial charge is 1.00 e. The van der Waals surface area contributed by atoms with E-state index in [-0.39, 0.29) is 116 Å². The molecule has 788 valence electrons. The summed E-state index contributed by atoms with van der Waals surface area (Å²) in [4.78, 5) is 94.4. The van der Waals surface area contributed by atoms with Gasteiger partial charge in [0.1, 0.15) is 63.8 Å². The van der Waals surface area contributed by atoms with E-state index in [0.29, 0.717) is 118 Å². The van der Waals surface area contributed by atoms with Crippen LogP contribution >= 0.6 is 30.8 Å². The van der Waals surface area contributed by atoms with Crippen LogP contribution in [0.5, 0.6) is 40.2 Å². The minimum atomic E-state index is -3.28. The average molecular weight is 2140 g/mol. The maximum absolute atomic E-state index is 11.8. The number of hydrogen-bond donors (Lipinski definition) is 5. The molecule has 6 saturated carbocycles. The second-order valence-electron chi connectivity index (χ2n) is 34.2. The van der Waals surface area contributed by atoms with Gasteiger partial charge in [0.15, 0.2) is 10.1 Å². The Morgan fingerprint density at radius 3 is 1.08 bits per heavy atom. The third kappa shape index (κ3) is 47.5.